The average molecular weight is 246 g/mol. The van der Waals surface area contributed by atoms with E-state index in [2.05, 4.69) is 24.4 Å². The van der Waals surface area contributed by atoms with Crippen LogP contribution in [0.1, 0.15) is 18.1 Å². The number of nitrogens with one attached hydrogen (secondary N) is 1. The second kappa shape index (κ2) is 5.21. The molecule has 1 saturated heterocycles. The summed E-state index contributed by atoms with van der Waals surface area (Å²) in [5.41, 5.74) is 2.45. The molecule has 0 radical (unpaired) electrons. The summed E-state index contributed by atoms with van der Waals surface area (Å²) in [6.45, 7) is 4.55. The van der Waals surface area contributed by atoms with Gasteiger partial charge >= 0.3 is 0 Å². The summed E-state index contributed by atoms with van der Waals surface area (Å²) >= 11 is 0. The first-order valence-electron chi connectivity index (χ1n) is 6.20. The van der Waals surface area contributed by atoms with Crippen LogP contribution in [-0.2, 0) is 16.0 Å². The minimum Gasteiger partial charge on any atom is -0.343 e. The monoisotopic (exact) mass is 246 g/mol. The van der Waals surface area contributed by atoms with Crippen LogP contribution in [0.3, 0.4) is 0 Å². The molecular weight excluding hydrogens is 228 g/mol. The highest BCUT2D eigenvalue weighted by atomic mass is 16.2. The average Bonchev–Trinajstić information content (AvgIpc) is 2.33. The number of hydrogen-bond acceptors (Lipinski definition) is 2. The number of carbonyl (C=O) groups excluding carboxylic acids is 2. The summed E-state index contributed by atoms with van der Waals surface area (Å²) in [5, 5.41) is 2.64. The molecule has 96 valence electrons. The number of benzene rings is 1. The standard InChI is InChI=1S/C14H18N2O2/c1-10-5-3-4-6-12(10)7-8-16-9-13(17)15-11(2)14(16)18/h3-6,11H,7-9H2,1-2H3,(H,15,17). The maximum absolute atomic E-state index is 11.9. The summed E-state index contributed by atoms with van der Waals surface area (Å²) in [4.78, 5) is 24.9. The second-order valence-corrected chi connectivity index (χ2v) is 4.73. The lowest BCUT2D eigenvalue weighted by Gasteiger charge is -2.30. The summed E-state index contributed by atoms with van der Waals surface area (Å²) in [7, 11) is 0. The van der Waals surface area contributed by atoms with Crippen LogP contribution >= 0.6 is 0 Å². The Balaban J connectivity index is 1.99. The first-order chi connectivity index (χ1) is 8.58. The van der Waals surface area contributed by atoms with E-state index in [1.807, 2.05) is 12.1 Å². The Morgan fingerprint density at radius 2 is 2.06 bits per heavy atom. The van der Waals surface area contributed by atoms with Crippen LogP contribution in [0.15, 0.2) is 24.3 Å². The van der Waals surface area contributed by atoms with Crippen molar-refractivity contribution in [3.05, 3.63) is 35.4 Å². The molecule has 0 aliphatic carbocycles. The van der Waals surface area contributed by atoms with Crippen LogP contribution in [0.5, 0.6) is 0 Å². The van der Waals surface area contributed by atoms with Gasteiger partial charge in [0.2, 0.25) is 11.8 Å². The van der Waals surface area contributed by atoms with Crippen LogP contribution in [0, 0.1) is 6.92 Å². The van der Waals surface area contributed by atoms with Gasteiger partial charge in [-0.1, -0.05) is 24.3 Å². The van der Waals surface area contributed by atoms with Crippen molar-refractivity contribution in [2.24, 2.45) is 0 Å². The Bertz CT molecular complexity index is 471. The zero-order chi connectivity index (χ0) is 13.1. The van der Waals surface area contributed by atoms with E-state index in [4.69, 9.17) is 0 Å². The zero-order valence-corrected chi connectivity index (χ0v) is 10.8. The Labute approximate surface area is 107 Å². The Morgan fingerprint density at radius 1 is 1.33 bits per heavy atom. The van der Waals surface area contributed by atoms with E-state index in [1.165, 1.54) is 11.1 Å². The van der Waals surface area contributed by atoms with Gasteiger partial charge < -0.3 is 10.2 Å². The lowest BCUT2D eigenvalue weighted by Crippen LogP contribution is -2.57. The van der Waals surface area contributed by atoms with Gasteiger partial charge in [0, 0.05) is 6.54 Å². The van der Waals surface area contributed by atoms with Crippen molar-refractivity contribution in [3.63, 3.8) is 0 Å². The molecular formula is C14H18N2O2. The van der Waals surface area contributed by atoms with Crippen LogP contribution in [0.4, 0.5) is 0 Å². The fourth-order valence-corrected chi connectivity index (χ4v) is 2.21. The van der Waals surface area contributed by atoms with Gasteiger partial charge in [0.05, 0.1) is 6.54 Å². The van der Waals surface area contributed by atoms with Crippen LogP contribution in [0.2, 0.25) is 0 Å². The number of hydrogen-bond donors (Lipinski definition) is 1. The molecule has 2 amide bonds. The van der Waals surface area contributed by atoms with Gasteiger partial charge in [0.1, 0.15) is 6.04 Å². The number of rotatable bonds is 3. The molecule has 18 heavy (non-hydrogen) atoms. The van der Waals surface area contributed by atoms with Crippen molar-refractivity contribution in [3.8, 4) is 0 Å². The minimum absolute atomic E-state index is 0.00295. The summed E-state index contributed by atoms with van der Waals surface area (Å²) in [6.07, 6.45) is 0.790. The highest BCUT2D eigenvalue weighted by Gasteiger charge is 2.28. The van der Waals surface area contributed by atoms with E-state index in [1.54, 1.807) is 11.8 Å². The normalized spacial score (nSPS) is 19.9. The van der Waals surface area contributed by atoms with Gasteiger partial charge in [-0.2, -0.15) is 0 Å². The summed E-state index contributed by atoms with van der Waals surface area (Å²) in [6, 6.07) is 7.72. The largest absolute Gasteiger partial charge is 0.343 e. The third-order valence-corrected chi connectivity index (χ3v) is 3.31. The molecule has 1 atom stereocenters. The van der Waals surface area contributed by atoms with Gasteiger partial charge in [0.15, 0.2) is 0 Å². The van der Waals surface area contributed by atoms with E-state index in [9.17, 15) is 9.59 Å². The molecule has 1 unspecified atom stereocenters. The molecule has 1 N–H and O–H groups in total. The van der Waals surface area contributed by atoms with E-state index >= 15 is 0 Å². The molecule has 1 heterocycles. The number of carbonyl (C=O) groups is 2. The van der Waals surface area contributed by atoms with Gasteiger partial charge in [-0.3, -0.25) is 9.59 Å². The maximum atomic E-state index is 11.9. The first-order valence-corrected chi connectivity index (χ1v) is 6.20. The molecule has 0 saturated carbocycles. The van der Waals surface area contributed by atoms with Crippen molar-refractivity contribution in [2.75, 3.05) is 13.1 Å². The molecule has 1 aliphatic rings. The topological polar surface area (TPSA) is 49.4 Å². The molecule has 0 bridgehead atoms. The lowest BCUT2D eigenvalue weighted by molar-refractivity contribution is -0.143. The number of piperazine rings is 1. The van der Waals surface area contributed by atoms with E-state index in [0.29, 0.717) is 6.54 Å². The Morgan fingerprint density at radius 3 is 2.78 bits per heavy atom. The number of aryl methyl sites for hydroxylation is 1. The van der Waals surface area contributed by atoms with Crippen LogP contribution < -0.4 is 5.32 Å². The molecule has 1 aliphatic heterocycles. The van der Waals surface area contributed by atoms with Crippen molar-refractivity contribution in [1.29, 1.82) is 0 Å². The van der Waals surface area contributed by atoms with Crippen molar-refractivity contribution >= 4 is 11.8 Å². The lowest BCUT2D eigenvalue weighted by atomic mass is 10.1. The van der Waals surface area contributed by atoms with Gasteiger partial charge in [-0.05, 0) is 31.4 Å². The third-order valence-electron chi connectivity index (χ3n) is 3.31. The van der Waals surface area contributed by atoms with Crippen molar-refractivity contribution < 1.29 is 9.59 Å². The van der Waals surface area contributed by atoms with Gasteiger partial charge in [-0.25, -0.2) is 0 Å². The summed E-state index contributed by atoms with van der Waals surface area (Å²) in [5.74, 6) is -0.0740. The third kappa shape index (κ3) is 2.70. The minimum atomic E-state index is -0.400. The van der Waals surface area contributed by atoms with Gasteiger partial charge in [0.25, 0.3) is 0 Å². The van der Waals surface area contributed by atoms with E-state index < -0.39 is 6.04 Å². The molecule has 4 heteroatoms. The second-order valence-electron chi connectivity index (χ2n) is 4.73. The molecule has 0 aromatic heterocycles. The molecule has 2 rings (SSSR count). The predicted molar refractivity (Wildman–Crippen MR) is 69.1 cm³/mol. The smallest absolute Gasteiger partial charge is 0.245 e. The highest BCUT2D eigenvalue weighted by Crippen LogP contribution is 2.10. The molecule has 1 aromatic carbocycles. The van der Waals surface area contributed by atoms with E-state index in [-0.39, 0.29) is 18.4 Å². The van der Waals surface area contributed by atoms with Gasteiger partial charge in [-0.15, -0.1) is 0 Å². The highest BCUT2D eigenvalue weighted by molar-refractivity contribution is 5.94. The zero-order valence-electron chi connectivity index (χ0n) is 10.8. The summed E-state index contributed by atoms with van der Waals surface area (Å²) < 4.78 is 0. The van der Waals surface area contributed by atoms with Crippen molar-refractivity contribution in [1.82, 2.24) is 10.2 Å². The predicted octanol–water partition coefficient (Wildman–Crippen LogP) is 0.884. The maximum Gasteiger partial charge on any atom is 0.245 e. The Kier molecular flexibility index (Phi) is 3.65. The molecule has 1 fully saturated rings. The quantitative estimate of drug-likeness (QED) is 0.861. The number of nitrogens with zero attached hydrogens (tertiary/aromatic N) is 1. The fourth-order valence-electron chi connectivity index (χ4n) is 2.21. The molecule has 4 nitrogen and oxygen atoms in total. The first kappa shape index (κ1) is 12.6. The Hall–Kier alpha value is -1.84. The van der Waals surface area contributed by atoms with Crippen molar-refractivity contribution in [2.45, 2.75) is 26.3 Å². The fraction of sp³-hybridized carbons (Fsp3) is 0.429. The molecule has 1 aromatic rings. The van der Waals surface area contributed by atoms with Crippen LogP contribution in [-0.4, -0.2) is 35.8 Å². The van der Waals surface area contributed by atoms with Crippen LogP contribution in [0.25, 0.3) is 0 Å². The van der Waals surface area contributed by atoms with E-state index in [0.717, 1.165) is 6.42 Å². The number of amides is 2. The SMILES string of the molecule is Cc1ccccc1CCN1CC(=O)NC(C)C1=O. The molecule has 0 spiro atoms.